The fourth-order valence-corrected chi connectivity index (χ4v) is 4.34. The number of hydrogen-bond donors (Lipinski definition) is 1. The van der Waals surface area contributed by atoms with Crippen LogP contribution >= 0.6 is 11.6 Å². The van der Waals surface area contributed by atoms with Gasteiger partial charge in [-0.15, -0.1) is 0 Å². The van der Waals surface area contributed by atoms with Gasteiger partial charge in [-0.25, -0.2) is 4.68 Å². The van der Waals surface area contributed by atoms with Gasteiger partial charge in [0, 0.05) is 54.6 Å². The molecule has 2 N–H and O–H groups in total. The second-order valence-corrected chi connectivity index (χ2v) is 8.87. The largest absolute Gasteiger partial charge is 0.366 e. The van der Waals surface area contributed by atoms with Crippen LogP contribution in [0.3, 0.4) is 0 Å². The number of primary amides is 1. The summed E-state index contributed by atoms with van der Waals surface area (Å²) in [5, 5.41) is 5.33. The van der Waals surface area contributed by atoms with E-state index in [1.807, 2.05) is 59.8 Å². The van der Waals surface area contributed by atoms with E-state index in [4.69, 9.17) is 17.3 Å². The maximum absolute atomic E-state index is 13.0. The van der Waals surface area contributed by atoms with Crippen molar-refractivity contribution in [1.29, 1.82) is 0 Å². The first kappa shape index (κ1) is 23.0. The zero-order valence-corrected chi connectivity index (χ0v) is 19.7. The summed E-state index contributed by atoms with van der Waals surface area (Å²) in [7, 11) is 0. The molecule has 0 unspecified atom stereocenters. The lowest BCUT2D eigenvalue weighted by molar-refractivity contribution is -0.132. The Hall–Kier alpha value is -3.16. The van der Waals surface area contributed by atoms with Crippen molar-refractivity contribution in [2.45, 2.75) is 26.8 Å². The number of hydrogen-bond acceptors (Lipinski definition) is 4. The molecule has 0 aliphatic carbocycles. The predicted octanol–water partition coefficient (Wildman–Crippen LogP) is 3.13. The molecule has 3 aromatic rings. The van der Waals surface area contributed by atoms with Gasteiger partial charge in [-0.3, -0.25) is 14.5 Å². The molecule has 1 saturated heterocycles. The fraction of sp³-hybridized carbons (Fsp3) is 0.320. The van der Waals surface area contributed by atoms with Gasteiger partial charge in [0.2, 0.25) is 11.8 Å². The number of amides is 2. The van der Waals surface area contributed by atoms with E-state index in [1.165, 1.54) is 0 Å². The topological polar surface area (TPSA) is 84.5 Å². The van der Waals surface area contributed by atoms with Crippen molar-refractivity contribution in [3.8, 4) is 5.69 Å². The third-order valence-corrected chi connectivity index (χ3v) is 6.46. The smallest absolute Gasteiger partial charge is 0.248 e. The molecule has 8 heteroatoms. The summed E-state index contributed by atoms with van der Waals surface area (Å²) in [5.41, 5.74) is 10.7. The summed E-state index contributed by atoms with van der Waals surface area (Å²) < 4.78 is 1.87. The summed E-state index contributed by atoms with van der Waals surface area (Å²) in [6.45, 7) is 7.75. The molecule has 1 fully saturated rings. The summed E-state index contributed by atoms with van der Waals surface area (Å²) in [6, 6.07) is 14.9. The Bertz CT molecular complexity index is 1150. The molecule has 2 amide bonds. The minimum atomic E-state index is -0.419. The predicted molar refractivity (Wildman–Crippen MR) is 129 cm³/mol. The molecule has 0 spiro atoms. The van der Waals surface area contributed by atoms with Crippen LogP contribution in [0, 0.1) is 13.8 Å². The van der Waals surface area contributed by atoms with Crippen molar-refractivity contribution in [3.05, 3.63) is 81.6 Å². The van der Waals surface area contributed by atoms with E-state index in [2.05, 4.69) is 10.00 Å². The summed E-state index contributed by atoms with van der Waals surface area (Å²) in [6.07, 6.45) is 0.347. The Labute approximate surface area is 198 Å². The Kier molecular flexibility index (Phi) is 6.81. The van der Waals surface area contributed by atoms with Crippen molar-refractivity contribution in [1.82, 2.24) is 19.6 Å². The van der Waals surface area contributed by atoms with Gasteiger partial charge in [-0.2, -0.15) is 5.10 Å². The molecule has 7 nitrogen and oxygen atoms in total. The number of benzene rings is 2. The first-order valence-electron chi connectivity index (χ1n) is 11.0. The summed E-state index contributed by atoms with van der Waals surface area (Å²) >= 11 is 6.00. The second kappa shape index (κ2) is 9.77. The van der Waals surface area contributed by atoms with Gasteiger partial charge in [0.15, 0.2) is 0 Å². The second-order valence-electron chi connectivity index (χ2n) is 8.43. The highest BCUT2D eigenvalue weighted by atomic mass is 35.5. The molecule has 0 saturated carbocycles. The zero-order chi connectivity index (χ0) is 23.5. The average Bonchev–Trinajstić information content (AvgIpc) is 3.08. The zero-order valence-electron chi connectivity index (χ0n) is 18.9. The van der Waals surface area contributed by atoms with Crippen molar-refractivity contribution in [3.63, 3.8) is 0 Å². The number of carbonyl (C=O) groups is 2. The maximum atomic E-state index is 13.0. The normalized spacial score (nSPS) is 14.5. The third-order valence-electron chi connectivity index (χ3n) is 6.21. The van der Waals surface area contributed by atoms with E-state index < -0.39 is 5.91 Å². The average molecular weight is 466 g/mol. The number of carbonyl (C=O) groups excluding carboxylic acids is 2. The van der Waals surface area contributed by atoms with Crippen LogP contribution in [0.15, 0.2) is 48.5 Å². The van der Waals surface area contributed by atoms with Crippen molar-refractivity contribution < 1.29 is 9.59 Å². The van der Waals surface area contributed by atoms with Crippen LogP contribution in [0.25, 0.3) is 5.69 Å². The maximum Gasteiger partial charge on any atom is 0.248 e. The molecule has 33 heavy (non-hydrogen) atoms. The molecule has 0 atom stereocenters. The minimum Gasteiger partial charge on any atom is -0.366 e. The molecular weight excluding hydrogens is 438 g/mol. The van der Waals surface area contributed by atoms with E-state index >= 15 is 0 Å². The molecule has 172 valence electrons. The van der Waals surface area contributed by atoms with Gasteiger partial charge in [-0.05, 0) is 55.8 Å². The highest BCUT2D eigenvalue weighted by Crippen LogP contribution is 2.21. The first-order chi connectivity index (χ1) is 15.8. The van der Waals surface area contributed by atoms with E-state index in [9.17, 15) is 9.59 Å². The Morgan fingerprint density at radius 3 is 2.21 bits per heavy atom. The van der Waals surface area contributed by atoms with Gasteiger partial charge in [-0.1, -0.05) is 23.7 Å². The Morgan fingerprint density at radius 1 is 0.970 bits per heavy atom. The quantitative estimate of drug-likeness (QED) is 0.606. The molecule has 4 rings (SSSR count). The number of piperazine rings is 1. The first-order valence-corrected chi connectivity index (χ1v) is 11.4. The lowest BCUT2D eigenvalue weighted by atomic mass is 10.1. The Balaban J connectivity index is 1.35. The fourth-order valence-electron chi connectivity index (χ4n) is 4.22. The van der Waals surface area contributed by atoms with Gasteiger partial charge in [0.25, 0.3) is 0 Å². The summed E-state index contributed by atoms with van der Waals surface area (Å²) in [4.78, 5) is 28.5. The Morgan fingerprint density at radius 2 is 1.61 bits per heavy atom. The molecule has 2 heterocycles. The number of nitrogens with two attached hydrogens (primary N) is 1. The molecular formula is C25H28ClN5O2. The number of halogens is 1. The van der Waals surface area contributed by atoms with Crippen molar-refractivity contribution in [2.75, 3.05) is 26.2 Å². The van der Waals surface area contributed by atoms with Crippen LogP contribution in [0.2, 0.25) is 5.02 Å². The van der Waals surface area contributed by atoms with Gasteiger partial charge < -0.3 is 10.6 Å². The third kappa shape index (κ3) is 5.26. The van der Waals surface area contributed by atoms with Gasteiger partial charge >= 0.3 is 0 Å². The van der Waals surface area contributed by atoms with E-state index in [0.717, 1.165) is 47.8 Å². The van der Waals surface area contributed by atoms with E-state index in [-0.39, 0.29) is 5.91 Å². The highest BCUT2D eigenvalue weighted by Gasteiger charge is 2.24. The monoisotopic (exact) mass is 465 g/mol. The van der Waals surface area contributed by atoms with Crippen LogP contribution in [-0.2, 0) is 17.8 Å². The van der Waals surface area contributed by atoms with Crippen LogP contribution < -0.4 is 5.73 Å². The number of nitrogens with zero attached hydrogens (tertiary/aromatic N) is 4. The number of aromatic nitrogens is 2. The number of rotatable bonds is 6. The standard InChI is InChI=1S/C25H28ClN5O2/c1-17-23(18(2)31(28-17)22-9-7-21(26)8-10-22)15-24(32)30-13-11-29(12-14-30)16-19-3-5-20(6-4-19)25(27)33/h3-10H,11-16H2,1-2H3,(H2,27,33). The number of aryl methyl sites for hydroxylation is 1. The molecule has 2 aromatic carbocycles. The lowest BCUT2D eigenvalue weighted by Crippen LogP contribution is -2.48. The summed E-state index contributed by atoms with van der Waals surface area (Å²) in [5.74, 6) is -0.292. The van der Waals surface area contributed by atoms with Crippen LogP contribution in [0.4, 0.5) is 0 Å². The molecule has 1 aliphatic heterocycles. The highest BCUT2D eigenvalue weighted by molar-refractivity contribution is 6.30. The molecule has 0 radical (unpaired) electrons. The van der Waals surface area contributed by atoms with Crippen LogP contribution in [0.5, 0.6) is 0 Å². The van der Waals surface area contributed by atoms with Crippen molar-refractivity contribution in [2.24, 2.45) is 5.73 Å². The van der Waals surface area contributed by atoms with Crippen molar-refractivity contribution >= 4 is 23.4 Å². The molecule has 0 bridgehead atoms. The minimum absolute atomic E-state index is 0.127. The molecule has 1 aliphatic rings. The van der Waals surface area contributed by atoms with Crippen LogP contribution in [0.1, 0.15) is 32.9 Å². The van der Waals surface area contributed by atoms with Gasteiger partial charge in [0.1, 0.15) is 0 Å². The van der Waals surface area contributed by atoms with Crippen LogP contribution in [-0.4, -0.2) is 57.6 Å². The van der Waals surface area contributed by atoms with Gasteiger partial charge in [0.05, 0.1) is 17.8 Å². The van der Waals surface area contributed by atoms with E-state index in [0.29, 0.717) is 30.1 Å². The molecule has 1 aromatic heterocycles. The SMILES string of the molecule is Cc1nn(-c2ccc(Cl)cc2)c(C)c1CC(=O)N1CCN(Cc2ccc(C(N)=O)cc2)CC1. The van der Waals surface area contributed by atoms with E-state index in [1.54, 1.807) is 12.1 Å². The lowest BCUT2D eigenvalue weighted by Gasteiger charge is -2.35.